The van der Waals surface area contributed by atoms with E-state index in [4.69, 9.17) is 19.2 Å². The molecule has 0 saturated carbocycles. The Labute approximate surface area is 266 Å². The van der Waals surface area contributed by atoms with Crippen LogP contribution in [-0.2, 0) is 20.8 Å². The van der Waals surface area contributed by atoms with Crippen molar-refractivity contribution in [3.63, 3.8) is 0 Å². The Hall–Kier alpha value is -3.38. The first-order valence-electron chi connectivity index (χ1n) is 16.1. The molecule has 3 heterocycles. The van der Waals surface area contributed by atoms with Gasteiger partial charge in [0.25, 0.3) is 5.91 Å². The van der Waals surface area contributed by atoms with Crippen molar-refractivity contribution in [1.82, 2.24) is 24.3 Å². The molecular weight excluding hydrogens is 578 g/mol. The van der Waals surface area contributed by atoms with E-state index < -0.39 is 29.5 Å². The second-order valence-corrected chi connectivity index (χ2v) is 13.7. The molecule has 3 amide bonds. The van der Waals surface area contributed by atoms with E-state index in [1.54, 1.807) is 24.0 Å². The van der Waals surface area contributed by atoms with E-state index in [0.29, 0.717) is 69.5 Å². The van der Waals surface area contributed by atoms with Gasteiger partial charge in [0.05, 0.1) is 49.4 Å². The summed E-state index contributed by atoms with van der Waals surface area (Å²) in [7, 11) is 3.28. The molecule has 3 atom stereocenters. The number of fused-ring (bicyclic) bond motifs is 1. The zero-order chi connectivity index (χ0) is 32.9. The Bertz CT molecular complexity index is 1330. The molecule has 2 saturated heterocycles. The standard InChI is InChI=1S/C33H51N5O7/c1-22(2)20-37(31(40)29-34-25-11-10-24(44-7)19-26(25)36(29)12-8-9-15-43-6)27-18-23(30(39)35-13-16-45-17-14-35)21-38(32(41)42)28(27)33(3,4)5/h10-11,19,22-23,27-28H,8-9,12-18,20-21H2,1-7H3,(H,41,42)/t23-,27+,28?/m1/s1. The van der Waals surface area contributed by atoms with Crippen LogP contribution in [0.5, 0.6) is 5.75 Å². The summed E-state index contributed by atoms with van der Waals surface area (Å²) >= 11 is 0. The number of methoxy groups -OCH3 is 2. The predicted molar refractivity (Wildman–Crippen MR) is 171 cm³/mol. The van der Waals surface area contributed by atoms with Crippen molar-refractivity contribution >= 4 is 28.9 Å². The van der Waals surface area contributed by atoms with Gasteiger partial charge < -0.3 is 38.6 Å². The maximum atomic E-state index is 14.8. The van der Waals surface area contributed by atoms with Crippen LogP contribution in [0.1, 0.15) is 64.5 Å². The van der Waals surface area contributed by atoms with Crippen molar-refractivity contribution < 1.29 is 33.7 Å². The number of ether oxygens (including phenoxy) is 3. The Morgan fingerprint density at radius 1 is 1.13 bits per heavy atom. The van der Waals surface area contributed by atoms with Crippen LogP contribution in [0.3, 0.4) is 0 Å². The molecule has 2 fully saturated rings. The number of unbranched alkanes of at least 4 members (excludes halogenated alkanes) is 1. The molecule has 12 nitrogen and oxygen atoms in total. The van der Waals surface area contributed by atoms with Crippen molar-refractivity contribution in [2.45, 2.75) is 72.5 Å². The maximum absolute atomic E-state index is 14.8. The van der Waals surface area contributed by atoms with Crippen molar-refractivity contribution in [2.24, 2.45) is 17.3 Å². The molecule has 0 bridgehead atoms. The average molecular weight is 630 g/mol. The predicted octanol–water partition coefficient (Wildman–Crippen LogP) is 4.21. The zero-order valence-electron chi connectivity index (χ0n) is 28.0. The lowest BCUT2D eigenvalue weighted by Crippen LogP contribution is -2.66. The lowest BCUT2D eigenvalue weighted by molar-refractivity contribution is -0.144. The number of hydrogen-bond acceptors (Lipinski definition) is 7. The fourth-order valence-corrected chi connectivity index (χ4v) is 6.84. The molecule has 45 heavy (non-hydrogen) atoms. The summed E-state index contributed by atoms with van der Waals surface area (Å²) in [6.45, 7) is 13.6. The normalized spacial score (nSPS) is 20.9. The Morgan fingerprint density at radius 3 is 2.44 bits per heavy atom. The van der Waals surface area contributed by atoms with Crippen LogP contribution >= 0.6 is 0 Å². The summed E-state index contributed by atoms with van der Waals surface area (Å²) in [5, 5.41) is 10.5. The van der Waals surface area contributed by atoms with E-state index in [0.717, 1.165) is 18.4 Å². The number of hydrogen-bond donors (Lipinski definition) is 1. The van der Waals surface area contributed by atoms with Crippen LogP contribution in [0.15, 0.2) is 18.2 Å². The monoisotopic (exact) mass is 629 g/mol. The molecule has 0 radical (unpaired) electrons. The van der Waals surface area contributed by atoms with Crippen LogP contribution in [0.2, 0.25) is 0 Å². The molecule has 1 aromatic heterocycles. The number of piperidine rings is 1. The molecule has 1 aromatic carbocycles. The largest absolute Gasteiger partial charge is 0.497 e. The lowest BCUT2D eigenvalue weighted by Gasteiger charge is -2.52. The summed E-state index contributed by atoms with van der Waals surface area (Å²) in [6, 6.07) is 4.49. The minimum Gasteiger partial charge on any atom is -0.497 e. The number of imidazole rings is 1. The van der Waals surface area contributed by atoms with E-state index in [1.807, 2.05) is 57.4 Å². The van der Waals surface area contributed by atoms with Gasteiger partial charge in [0.2, 0.25) is 5.91 Å². The van der Waals surface area contributed by atoms with Gasteiger partial charge in [-0.1, -0.05) is 34.6 Å². The van der Waals surface area contributed by atoms with Gasteiger partial charge >= 0.3 is 6.09 Å². The number of aromatic nitrogens is 2. The van der Waals surface area contributed by atoms with Gasteiger partial charge in [-0.15, -0.1) is 0 Å². The molecule has 0 spiro atoms. The number of amides is 3. The van der Waals surface area contributed by atoms with Gasteiger partial charge in [-0.25, -0.2) is 9.78 Å². The fourth-order valence-electron chi connectivity index (χ4n) is 6.84. The first kappa shape index (κ1) is 34.5. The minimum absolute atomic E-state index is 0.0859. The van der Waals surface area contributed by atoms with E-state index >= 15 is 0 Å². The molecule has 1 unspecified atom stereocenters. The summed E-state index contributed by atoms with van der Waals surface area (Å²) < 4.78 is 18.2. The third-order valence-electron chi connectivity index (χ3n) is 8.80. The second-order valence-electron chi connectivity index (χ2n) is 13.7. The van der Waals surface area contributed by atoms with Crippen LogP contribution < -0.4 is 4.74 Å². The third kappa shape index (κ3) is 7.89. The van der Waals surface area contributed by atoms with Gasteiger partial charge in [0, 0.05) is 52.5 Å². The number of likely N-dealkylation sites (tertiary alicyclic amines) is 1. The first-order chi connectivity index (χ1) is 21.4. The number of carbonyl (C=O) groups excluding carboxylic acids is 2. The summed E-state index contributed by atoms with van der Waals surface area (Å²) in [5.74, 6) is 0.115. The average Bonchev–Trinajstić information content (AvgIpc) is 3.38. The van der Waals surface area contributed by atoms with Crippen LogP contribution in [0.4, 0.5) is 4.79 Å². The highest BCUT2D eigenvalue weighted by molar-refractivity contribution is 5.95. The molecule has 12 heteroatoms. The summed E-state index contributed by atoms with van der Waals surface area (Å²) in [5.41, 5.74) is 0.959. The zero-order valence-corrected chi connectivity index (χ0v) is 28.0. The number of morpholine rings is 1. The van der Waals surface area contributed by atoms with Gasteiger partial charge in [-0.3, -0.25) is 9.59 Å². The van der Waals surface area contributed by atoms with Gasteiger partial charge in [0.1, 0.15) is 5.75 Å². The first-order valence-corrected chi connectivity index (χ1v) is 16.1. The van der Waals surface area contributed by atoms with E-state index in [2.05, 4.69) is 0 Å². The molecule has 2 aliphatic rings. The number of aryl methyl sites for hydroxylation is 1. The Kier molecular flexibility index (Phi) is 11.4. The highest BCUT2D eigenvalue weighted by Gasteiger charge is 2.50. The van der Waals surface area contributed by atoms with Crippen molar-refractivity contribution in [2.75, 3.05) is 60.2 Å². The van der Waals surface area contributed by atoms with Crippen LogP contribution in [0, 0.1) is 17.3 Å². The van der Waals surface area contributed by atoms with Crippen molar-refractivity contribution in [1.29, 1.82) is 0 Å². The molecular formula is C33H51N5O7. The fraction of sp³-hybridized carbons (Fsp3) is 0.697. The minimum atomic E-state index is -1.09. The number of benzene rings is 1. The second kappa shape index (κ2) is 14.8. The Morgan fingerprint density at radius 2 is 1.84 bits per heavy atom. The quantitative estimate of drug-likeness (QED) is 0.367. The molecule has 2 aromatic rings. The third-order valence-corrected chi connectivity index (χ3v) is 8.80. The molecule has 1 N–H and O–H groups in total. The molecule has 0 aliphatic carbocycles. The smallest absolute Gasteiger partial charge is 0.407 e. The topological polar surface area (TPSA) is 127 Å². The van der Waals surface area contributed by atoms with Crippen LogP contribution in [-0.4, -0.2) is 120 Å². The van der Waals surface area contributed by atoms with Gasteiger partial charge in [-0.05, 0) is 42.7 Å². The van der Waals surface area contributed by atoms with E-state index in [1.165, 1.54) is 4.90 Å². The summed E-state index contributed by atoms with van der Waals surface area (Å²) in [6.07, 6.45) is 0.867. The van der Waals surface area contributed by atoms with Crippen LogP contribution in [0.25, 0.3) is 11.0 Å². The van der Waals surface area contributed by atoms with E-state index in [9.17, 15) is 19.5 Å². The molecule has 4 rings (SSSR count). The molecule has 2 aliphatic heterocycles. The SMILES string of the molecule is COCCCCn1c(C(=O)N(CC(C)C)[C@H]2C[C@@H](C(=O)N3CCOCC3)CN(C(=O)O)C2C(C)(C)C)nc2ccc(OC)cc21. The van der Waals surface area contributed by atoms with Crippen molar-refractivity contribution in [3.05, 3.63) is 24.0 Å². The van der Waals surface area contributed by atoms with Gasteiger partial charge in [0.15, 0.2) is 5.82 Å². The molecule has 250 valence electrons. The lowest BCUT2D eigenvalue weighted by atomic mass is 9.74. The maximum Gasteiger partial charge on any atom is 0.407 e. The highest BCUT2D eigenvalue weighted by atomic mass is 16.5. The van der Waals surface area contributed by atoms with Crippen molar-refractivity contribution in [3.8, 4) is 5.75 Å². The number of nitrogens with zero attached hydrogens (tertiary/aromatic N) is 5. The van der Waals surface area contributed by atoms with Gasteiger partial charge in [-0.2, -0.15) is 0 Å². The summed E-state index contributed by atoms with van der Waals surface area (Å²) in [4.78, 5) is 51.3. The van der Waals surface area contributed by atoms with E-state index in [-0.39, 0.29) is 24.3 Å². The highest BCUT2D eigenvalue weighted by Crippen LogP contribution is 2.39. The number of rotatable bonds is 11. The number of carboxylic acid groups (broad SMARTS) is 1. The Balaban J connectivity index is 1.81. The number of carbonyl (C=O) groups is 3.